The number of hydrogen-bond donors (Lipinski definition) is 2. The molecule has 0 unspecified atom stereocenters. The minimum atomic E-state index is -0.195. The summed E-state index contributed by atoms with van der Waals surface area (Å²) < 4.78 is 3.76. The Balaban J connectivity index is 1.83. The van der Waals surface area contributed by atoms with Gasteiger partial charge in [0.2, 0.25) is 0 Å². The molecule has 0 aliphatic heterocycles. The number of nitrogens with zero attached hydrogens (tertiary/aromatic N) is 3. The number of aromatic amines is 1. The maximum absolute atomic E-state index is 12.1. The van der Waals surface area contributed by atoms with E-state index in [4.69, 9.17) is 0 Å². The Morgan fingerprint density at radius 3 is 2.95 bits per heavy atom. The van der Waals surface area contributed by atoms with Gasteiger partial charge in [-0.3, -0.25) is 9.89 Å². The lowest BCUT2D eigenvalue weighted by molar-refractivity contribution is 0.103. The van der Waals surface area contributed by atoms with Crippen LogP contribution in [0.4, 0.5) is 5.69 Å². The summed E-state index contributed by atoms with van der Waals surface area (Å²) in [6, 6.07) is 9.42. The summed E-state index contributed by atoms with van der Waals surface area (Å²) in [6.07, 6.45) is 1.69. The second-order valence-electron chi connectivity index (χ2n) is 4.19. The SMILES string of the molecule is Cc1nnsc1C(=O)Nc1cccc(-c2ccn[nH]2)c1. The number of aromatic nitrogens is 4. The Bertz CT molecular complexity index is 735. The van der Waals surface area contributed by atoms with Crippen molar-refractivity contribution in [3.8, 4) is 11.3 Å². The molecule has 2 aromatic heterocycles. The van der Waals surface area contributed by atoms with Gasteiger partial charge in [0.25, 0.3) is 5.91 Å². The van der Waals surface area contributed by atoms with Gasteiger partial charge in [0.1, 0.15) is 4.88 Å². The number of aryl methyl sites for hydroxylation is 1. The third-order valence-corrected chi connectivity index (χ3v) is 3.62. The van der Waals surface area contributed by atoms with Gasteiger partial charge >= 0.3 is 0 Å². The fourth-order valence-electron chi connectivity index (χ4n) is 1.81. The lowest BCUT2D eigenvalue weighted by Crippen LogP contribution is -2.11. The van der Waals surface area contributed by atoms with Gasteiger partial charge < -0.3 is 5.32 Å². The summed E-state index contributed by atoms with van der Waals surface area (Å²) >= 11 is 1.09. The summed E-state index contributed by atoms with van der Waals surface area (Å²) in [5.74, 6) is -0.195. The third kappa shape index (κ3) is 2.43. The summed E-state index contributed by atoms with van der Waals surface area (Å²) in [4.78, 5) is 12.6. The van der Waals surface area contributed by atoms with Gasteiger partial charge in [-0.05, 0) is 36.7 Å². The molecule has 0 atom stereocenters. The smallest absolute Gasteiger partial charge is 0.269 e. The second-order valence-corrected chi connectivity index (χ2v) is 4.95. The van der Waals surface area contributed by atoms with Crippen LogP contribution in [0.1, 0.15) is 15.4 Å². The molecule has 0 fully saturated rings. The molecule has 0 aliphatic rings. The molecular weight excluding hydrogens is 274 g/mol. The molecule has 7 heteroatoms. The van der Waals surface area contributed by atoms with E-state index in [1.165, 1.54) is 0 Å². The minimum absolute atomic E-state index is 0.195. The van der Waals surface area contributed by atoms with Crippen molar-refractivity contribution in [2.45, 2.75) is 6.92 Å². The predicted octanol–water partition coefficient (Wildman–Crippen LogP) is 2.49. The highest BCUT2D eigenvalue weighted by atomic mass is 32.1. The van der Waals surface area contributed by atoms with Crippen LogP contribution in [0, 0.1) is 6.92 Å². The number of amides is 1. The number of hydrogen-bond acceptors (Lipinski definition) is 5. The zero-order valence-corrected chi connectivity index (χ0v) is 11.4. The van der Waals surface area contributed by atoms with Crippen molar-refractivity contribution in [2.24, 2.45) is 0 Å². The van der Waals surface area contributed by atoms with Crippen LogP contribution >= 0.6 is 11.5 Å². The molecule has 2 N–H and O–H groups in total. The lowest BCUT2D eigenvalue weighted by atomic mass is 10.1. The monoisotopic (exact) mass is 285 g/mol. The summed E-state index contributed by atoms with van der Waals surface area (Å²) in [5.41, 5.74) is 3.21. The number of rotatable bonds is 3. The maximum atomic E-state index is 12.1. The van der Waals surface area contributed by atoms with Gasteiger partial charge in [0.15, 0.2) is 0 Å². The number of carbonyl (C=O) groups excluding carboxylic acids is 1. The largest absolute Gasteiger partial charge is 0.321 e. The van der Waals surface area contributed by atoms with E-state index in [-0.39, 0.29) is 5.91 Å². The highest BCUT2D eigenvalue weighted by molar-refractivity contribution is 7.08. The molecule has 2 heterocycles. The highest BCUT2D eigenvalue weighted by Crippen LogP contribution is 2.21. The fraction of sp³-hybridized carbons (Fsp3) is 0.0769. The van der Waals surface area contributed by atoms with Gasteiger partial charge in [-0.15, -0.1) is 5.10 Å². The van der Waals surface area contributed by atoms with E-state index in [2.05, 4.69) is 25.1 Å². The van der Waals surface area contributed by atoms with Gasteiger partial charge in [-0.2, -0.15) is 5.10 Å². The van der Waals surface area contributed by atoms with E-state index in [1.54, 1.807) is 13.1 Å². The van der Waals surface area contributed by atoms with Crippen molar-refractivity contribution < 1.29 is 4.79 Å². The zero-order chi connectivity index (χ0) is 13.9. The van der Waals surface area contributed by atoms with E-state index >= 15 is 0 Å². The Hall–Kier alpha value is -2.54. The van der Waals surface area contributed by atoms with Crippen LogP contribution in [0.15, 0.2) is 36.5 Å². The molecule has 0 spiro atoms. The molecule has 100 valence electrons. The Morgan fingerprint density at radius 2 is 2.25 bits per heavy atom. The summed E-state index contributed by atoms with van der Waals surface area (Å²) in [6.45, 7) is 1.76. The molecule has 0 saturated heterocycles. The Kier molecular flexibility index (Phi) is 3.26. The first-order valence-corrected chi connectivity index (χ1v) is 6.71. The van der Waals surface area contributed by atoms with Crippen molar-refractivity contribution in [1.82, 2.24) is 19.8 Å². The van der Waals surface area contributed by atoms with Crippen LogP contribution in [0.3, 0.4) is 0 Å². The topological polar surface area (TPSA) is 83.6 Å². The van der Waals surface area contributed by atoms with Crippen molar-refractivity contribution in [3.05, 3.63) is 47.1 Å². The standard InChI is InChI=1S/C13H11N5OS/c1-8-12(20-18-16-8)13(19)15-10-4-2-3-9(7-10)11-5-6-14-17-11/h2-7H,1H3,(H,14,17)(H,15,19). The number of carbonyl (C=O) groups is 1. The highest BCUT2D eigenvalue weighted by Gasteiger charge is 2.13. The van der Waals surface area contributed by atoms with Crippen LogP contribution in [0.25, 0.3) is 11.3 Å². The average molecular weight is 285 g/mol. The second kappa shape index (κ2) is 5.22. The fourth-order valence-corrected chi connectivity index (χ4v) is 2.36. The molecule has 1 amide bonds. The minimum Gasteiger partial charge on any atom is -0.321 e. The lowest BCUT2D eigenvalue weighted by Gasteiger charge is -2.05. The number of anilines is 1. The zero-order valence-electron chi connectivity index (χ0n) is 10.6. The molecule has 0 aliphatic carbocycles. The normalized spacial score (nSPS) is 10.4. The van der Waals surface area contributed by atoms with E-state index in [0.29, 0.717) is 10.6 Å². The molecule has 6 nitrogen and oxygen atoms in total. The third-order valence-electron chi connectivity index (χ3n) is 2.79. The summed E-state index contributed by atoms with van der Waals surface area (Å²) in [5, 5.41) is 13.5. The van der Waals surface area contributed by atoms with Crippen molar-refractivity contribution in [1.29, 1.82) is 0 Å². The molecule has 3 aromatic rings. The molecule has 20 heavy (non-hydrogen) atoms. The average Bonchev–Trinajstić information content (AvgIpc) is 3.09. The molecule has 0 radical (unpaired) electrons. The quantitative estimate of drug-likeness (QED) is 0.774. The summed E-state index contributed by atoms with van der Waals surface area (Å²) in [7, 11) is 0. The van der Waals surface area contributed by atoms with Crippen LogP contribution in [-0.4, -0.2) is 25.7 Å². The maximum Gasteiger partial charge on any atom is 0.269 e. The molecule has 1 aromatic carbocycles. The van der Waals surface area contributed by atoms with E-state index in [9.17, 15) is 4.79 Å². The van der Waals surface area contributed by atoms with Gasteiger partial charge in [0.05, 0.1) is 11.4 Å². The van der Waals surface area contributed by atoms with Gasteiger partial charge in [-0.1, -0.05) is 16.6 Å². The van der Waals surface area contributed by atoms with Crippen LogP contribution in [-0.2, 0) is 0 Å². The van der Waals surface area contributed by atoms with Crippen molar-refractivity contribution in [2.75, 3.05) is 5.32 Å². The van der Waals surface area contributed by atoms with Crippen LogP contribution in [0.2, 0.25) is 0 Å². The van der Waals surface area contributed by atoms with Gasteiger partial charge in [-0.25, -0.2) is 0 Å². The molecule has 3 rings (SSSR count). The number of H-pyrrole nitrogens is 1. The van der Waals surface area contributed by atoms with E-state index in [1.807, 2.05) is 30.3 Å². The van der Waals surface area contributed by atoms with Crippen molar-refractivity contribution in [3.63, 3.8) is 0 Å². The van der Waals surface area contributed by atoms with E-state index in [0.717, 1.165) is 28.5 Å². The number of nitrogens with one attached hydrogen (secondary N) is 2. The first-order valence-electron chi connectivity index (χ1n) is 5.94. The first kappa shape index (κ1) is 12.5. The Labute approximate surface area is 119 Å². The molecular formula is C13H11N5OS. The Morgan fingerprint density at radius 1 is 1.35 bits per heavy atom. The predicted molar refractivity (Wildman–Crippen MR) is 76.6 cm³/mol. The number of benzene rings is 1. The molecule has 0 bridgehead atoms. The molecule has 0 saturated carbocycles. The first-order chi connectivity index (χ1) is 9.74. The van der Waals surface area contributed by atoms with Crippen molar-refractivity contribution >= 4 is 23.1 Å². The van der Waals surface area contributed by atoms with E-state index < -0.39 is 0 Å². The van der Waals surface area contributed by atoms with Crippen LogP contribution < -0.4 is 5.32 Å². The van der Waals surface area contributed by atoms with Gasteiger partial charge in [0, 0.05) is 17.4 Å². The van der Waals surface area contributed by atoms with Crippen LogP contribution in [0.5, 0.6) is 0 Å².